The Kier molecular flexibility index (Phi) is 3.12. The van der Waals surface area contributed by atoms with E-state index in [1.54, 1.807) is 6.26 Å². The van der Waals surface area contributed by atoms with Gasteiger partial charge in [0.1, 0.15) is 5.76 Å². The molecule has 1 aromatic heterocycles. The number of piperazine rings is 1. The number of hydrogen-bond acceptors (Lipinski definition) is 3. The highest BCUT2D eigenvalue weighted by molar-refractivity contribution is 4.99. The molecule has 1 aliphatic rings. The van der Waals surface area contributed by atoms with Crippen LogP contribution < -0.4 is 5.32 Å². The quantitative estimate of drug-likeness (QED) is 0.821. The van der Waals surface area contributed by atoms with E-state index in [1.807, 2.05) is 12.1 Å². The first-order valence-corrected chi connectivity index (χ1v) is 5.72. The molecular formula is C12H20N2O. The molecule has 1 atom stereocenters. The lowest BCUT2D eigenvalue weighted by atomic mass is 9.96. The van der Waals surface area contributed by atoms with Gasteiger partial charge in [0.15, 0.2) is 0 Å². The minimum Gasteiger partial charge on any atom is -0.468 e. The van der Waals surface area contributed by atoms with Crippen LogP contribution in [0.1, 0.15) is 26.0 Å². The van der Waals surface area contributed by atoms with Gasteiger partial charge in [0.05, 0.1) is 12.8 Å². The molecule has 84 valence electrons. The summed E-state index contributed by atoms with van der Waals surface area (Å²) in [6.07, 6.45) is 2.91. The van der Waals surface area contributed by atoms with Crippen molar-refractivity contribution in [2.75, 3.05) is 19.6 Å². The van der Waals surface area contributed by atoms with Gasteiger partial charge < -0.3 is 9.73 Å². The number of furan rings is 1. The first-order valence-electron chi connectivity index (χ1n) is 5.72. The minimum atomic E-state index is 0.269. The van der Waals surface area contributed by atoms with Crippen molar-refractivity contribution in [3.8, 4) is 0 Å². The molecule has 1 saturated heterocycles. The molecule has 0 saturated carbocycles. The molecule has 0 bridgehead atoms. The van der Waals surface area contributed by atoms with Gasteiger partial charge in [0, 0.05) is 25.2 Å². The third kappa shape index (κ3) is 2.61. The third-order valence-corrected chi connectivity index (χ3v) is 3.29. The molecule has 0 spiro atoms. The topological polar surface area (TPSA) is 28.4 Å². The second kappa shape index (κ2) is 4.37. The summed E-state index contributed by atoms with van der Waals surface area (Å²) >= 11 is 0. The molecule has 15 heavy (non-hydrogen) atoms. The van der Waals surface area contributed by atoms with Crippen LogP contribution in [-0.4, -0.2) is 30.1 Å². The highest BCUT2D eigenvalue weighted by Crippen LogP contribution is 2.17. The van der Waals surface area contributed by atoms with Gasteiger partial charge in [-0.05, 0) is 25.5 Å². The Hall–Kier alpha value is -0.800. The molecule has 0 aromatic carbocycles. The third-order valence-electron chi connectivity index (χ3n) is 3.29. The van der Waals surface area contributed by atoms with Crippen molar-refractivity contribution in [1.29, 1.82) is 0 Å². The van der Waals surface area contributed by atoms with E-state index in [9.17, 15) is 0 Å². The van der Waals surface area contributed by atoms with E-state index in [1.165, 1.54) is 6.42 Å². The van der Waals surface area contributed by atoms with Gasteiger partial charge in [-0.1, -0.05) is 6.92 Å². The number of rotatable bonds is 3. The molecule has 2 rings (SSSR count). The van der Waals surface area contributed by atoms with E-state index in [-0.39, 0.29) is 5.54 Å². The zero-order valence-electron chi connectivity index (χ0n) is 9.62. The SMILES string of the molecule is CCC1(C)CN(Cc2ccco2)CCN1. The van der Waals surface area contributed by atoms with Crippen molar-refractivity contribution in [3.05, 3.63) is 24.2 Å². The Morgan fingerprint density at radius 1 is 1.60 bits per heavy atom. The van der Waals surface area contributed by atoms with Crippen LogP contribution in [0.3, 0.4) is 0 Å². The van der Waals surface area contributed by atoms with Crippen LogP contribution in [-0.2, 0) is 6.54 Å². The van der Waals surface area contributed by atoms with E-state index < -0.39 is 0 Å². The normalized spacial score (nSPS) is 28.1. The zero-order chi connectivity index (χ0) is 10.7. The monoisotopic (exact) mass is 208 g/mol. The minimum absolute atomic E-state index is 0.269. The molecule has 2 heterocycles. The Balaban J connectivity index is 1.93. The molecule has 3 nitrogen and oxygen atoms in total. The van der Waals surface area contributed by atoms with Crippen molar-refractivity contribution in [3.63, 3.8) is 0 Å². The molecule has 1 aliphatic heterocycles. The first kappa shape index (κ1) is 10.7. The van der Waals surface area contributed by atoms with Crippen LogP contribution >= 0.6 is 0 Å². The summed E-state index contributed by atoms with van der Waals surface area (Å²) in [5, 5.41) is 3.58. The van der Waals surface area contributed by atoms with Crippen LogP contribution in [0.25, 0.3) is 0 Å². The van der Waals surface area contributed by atoms with Crippen molar-refractivity contribution in [2.24, 2.45) is 0 Å². The molecule has 1 aromatic rings. The summed E-state index contributed by atoms with van der Waals surface area (Å²) in [7, 11) is 0. The number of nitrogens with zero attached hydrogens (tertiary/aromatic N) is 1. The van der Waals surface area contributed by atoms with Gasteiger partial charge in [0.25, 0.3) is 0 Å². The second-order valence-electron chi connectivity index (χ2n) is 4.63. The van der Waals surface area contributed by atoms with Gasteiger partial charge in [-0.3, -0.25) is 4.90 Å². The first-order chi connectivity index (χ1) is 7.22. The highest BCUT2D eigenvalue weighted by atomic mass is 16.3. The van der Waals surface area contributed by atoms with Crippen LogP contribution in [0.2, 0.25) is 0 Å². The fourth-order valence-electron chi connectivity index (χ4n) is 2.14. The lowest BCUT2D eigenvalue weighted by Gasteiger charge is -2.40. The molecule has 1 N–H and O–H groups in total. The van der Waals surface area contributed by atoms with Crippen molar-refractivity contribution in [1.82, 2.24) is 10.2 Å². The summed E-state index contributed by atoms with van der Waals surface area (Å²) in [6.45, 7) is 8.75. The molecule has 0 radical (unpaired) electrons. The zero-order valence-corrected chi connectivity index (χ0v) is 9.62. The fourth-order valence-corrected chi connectivity index (χ4v) is 2.14. The molecule has 0 aliphatic carbocycles. The standard InChI is InChI=1S/C12H20N2O/c1-3-12(2)10-14(7-6-13-12)9-11-5-4-8-15-11/h4-5,8,13H,3,6-7,9-10H2,1-2H3. The predicted molar refractivity (Wildman–Crippen MR) is 60.7 cm³/mol. The molecule has 0 amide bonds. The van der Waals surface area contributed by atoms with Crippen molar-refractivity contribution in [2.45, 2.75) is 32.4 Å². The predicted octanol–water partition coefficient (Wildman–Crippen LogP) is 1.85. The summed E-state index contributed by atoms with van der Waals surface area (Å²) < 4.78 is 5.38. The van der Waals surface area contributed by atoms with Gasteiger partial charge in [-0.2, -0.15) is 0 Å². The van der Waals surface area contributed by atoms with E-state index in [0.717, 1.165) is 31.9 Å². The van der Waals surface area contributed by atoms with Crippen molar-refractivity contribution < 1.29 is 4.42 Å². The Morgan fingerprint density at radius 3 is 3.13 bits per heavy atom. The van der Waals surface area contributed by atoms with Gasteiger partial charge in [-0.25, -0.2) is 0 Å². The maximum Gasteiger partial charge on any atom is 0.117 e. The van der Waals surface area contributed by atoms with Crippen LogP contribution in [0.5, 0.6) is 0 Å². The molecular weight excluding hydrogens is 188 g/mol. The van der Waals surface area contributed by atoms with E-state index in [0.29, 0.717) is 0 Å². The van der Waals surface area contributed by atoms with Crippen LogP contribution in [0, 0.1) is 0 Å². The maximum absolute atomic E-state index is 5.38. The van der Waals surface area contributed by atoms with Gasteiger partial charge in [-0.15, -0.1) is 0 Å². The van der Waals surface area contributed by atoms with E-state index >= 15 is 0 Å². The molecule has 3 heteroatoms. The summed E-state index contributed by atoms with van der Waals surface area (Å²) in [5.41, 5.74) is 0.269. The lowest BCUT2D eigenvalue weighted by Crippen LogP contribution is -2.57. The fraction of sp³-hybridized carbons (Fsp3) is 0.667. The van der Waals surface area contributed by atoms with Gasteiger partial charge in [0.2, 0.25) is 0 Å². The van der Waals surface area contributed by atoms with E-state index in [4.69, 9.17) is 4.42 Å². The smallest absolute Gasteiger partial charge is 0.117 e. The van der Waals surface area contributed by atoms with E-state index in [2.05, 4.69) is 24.1 Å². The molecule has 1 unspecified atom stereocenters. The van der Waals surface area contributed by atoms with Crippen LogP contribution in [0.4, 0.5) is 0 Å². The second-order valence-corrected chi connectivity index (χ2v) is 4.63. The Labute approximate surface area is 91.4 Å². The van der Waals surface area contributed by atoms with Crippen LogP contribution in [0.15, 0.2) is 22.8 Å². The summed E-state index contributed by atoms with van der Waals surface area (Å²) in [6, 6.07) is 4.00. The van der Waals surface area contributed by atoms with Crippen molar-refractivity contribution >= 4 is 0 Å². The largest absolute Gasteiger partial charge is 0.468 e. The number of hydrogen-bond donors (Lipinski definition) is 1. The molecule has 1 fully saturated rings. The maximum atomic E-state index is 5.38. The number of nitrogens with one attached hydrogen (secondary N) is 1. The average Bonchev–Trinajstić information content (AvgIpc) is 2.71. The lowest BCUT2D eigenvalue weighted by molar-refractivity contribution is 0.126. The van der Waals surface area contributed by atoms with Gasteiger partial charge >= 0.3 is 0 Å². The summed E-state index contributed by atoms with van der Waals surface area (Å²) in [5.74, 6) is 1.07. The summed E-state index contributed by atoms with van der Waals surface area (Å²) in [4.78, 5) is 2.46. The Bertz CT molecular complexity index is 297. The Morgan fingerprint density at radius 2 is 2.47 bits per heavy atom. The highest BCUT2D eigenvalue weighted by Gasteiger charge is 2.28. The average molecular weight is 208 g/mol.